The van der Waals surface area contributed by atoms with E-state index in [9.17, 15) is 14.7 Å². The first-order valence-electron chi connectivity index (χ1n) is 10.2. The smallest absolute Gasteiger partial charge is 0.243 e. The summed E-state index contributed by atoms with van der Waals surface area (Å²) >= 11 is 1.60. The number of halogens is 1. The van der Waals surface area contributed by atoms with Crippen LogP contribution in [0.5, 0.6) is 0 Å². The number of aryl methyl sites for hydroxylation is 1. The minimum Gasteiger partial charge on any atom is -0.391 e. The van der Waals surface area contributed by atoms with Crippen molar-refractivity contribution in [3.05, 3.63) is 41.0 Å². The van der Waals surface area contributed by atoms with Crippen molar-refractivity contribution < 1.29 is 14.7 Å². The van der Waals surface area contributed by atoms with E-state index < -0.39 is 18.2 Å². The van der Waals surface area contributed by atoms with Gasteiger partial charge in [-0.1, -0.05) is 38.1 Å². The largest absolute Gasteiger partial charge is 0.391 e. The molecule has 9 heteroatoms. The highest BCUT2D eigenvalue weighted by molar-refractivity contribution is 7.13. The van der Waals surface area contributed by atoms with Gasteiger partial charge in [-0.2, -0.15) is 0 Å². The van der Waals surface area contributed by atoms with Gasteiger partial charge in [-0.15, -0.1) is 23.7 Å². The maximum absolute atomic E-state index is 12.9. The molecule has 1 saturated heterocycles. The summed E-state index contributed by atoms with van der Waals surface area (Å²) in [6.07, 6.45) is -0.500. The zero-order valence-corrected chi connectivity index (χ0v) is 19.9. The molecule has 0 saturated carbocycles. The average molecular weight is 467 g/mol. The lowest BCUT2D eigenvalue weighted by molar-refractivity contribution is -0.140. The molecule has 2 aromatic rings. The number of carbonyl (C=O) groups excluding carboxylic acids is 2. The van der Waals surface area contributed by atoms with Gasteiger partial charge in [-0.3, -0.25) is 9.59 Å². The van der Waals surface area contributed by atoms with E-state index in [1.807, 2.05) is 57.5 Å². The van der Waals surface area contributed by atoms with Crippen LogP contribution in [-0.2, 0) is 9.59 Å². The Morgan fingerprint density at radius 3 is 2.45 bits per heavy atom. The molecule has 2 amide bonds. The SMILES string of the molecule is Cc1ncsc1-c1ccc([C@H](C)NC(=O)[C@@H]2C[C@@H](O)CN2C(=O)[C@@H](N)C(C)C)cc1.Cl. The summed E-state index contributed by atoms with van der Waals surface area (Å²) in [6.45, 7) is 7.75. The van der Waals surface area contributed by atoms with Gasteiger partial charge in [0.15, 0.2) is 0 Å². The molecular weight excluding hydrogens is 436 g/mol. The maximum Gasteiger partial charge on any atom is 0.243 e. The van der Waals surface area contributed by atoms with Crippen LogP contribution in [0.3, 0.4) is 0 Å². The van der Waals surface area contributed by atoms with Gasteiger partial charge in [-0.25, -0.2) is 4.98 Å². The van der Waals surface area contributed by atoms with Gasteiger partial charge in [0.05, 0.1) is 34.3 Å². The Morgan fingerprint density at radius 1 is 1.26 bits per heavy atom. The highest BCUT2D eigenvalue weighted by Crippen LogP contribution is 2.28. The minimum absolute atomic E-state index is 0. The molecule has 1 fully saturated rings. The second-order valence-electron chi connectivity index (χ2n) is 8.28. The number of nitrogens with two attached hydrogens (primary N) is 1. The van der Waals surface area contributed by atoms with Crippen LogP contribution < -0.4 is 11.1 Å². The van der Waals surface area contributed by atoms with Crippen LogP contribution in [0.25, 0.3) is 10.4 Å². The highest BCUT2D eigenvalue weighted by Gasteiger charge is 2.41. The second kappa shape index (κ2) is 10.5. The number of amides is 2. The molecule has 7 nitrogen and oxygen atoms in total. The number of benzene rings is 1. The van der Waals surface area contributed by atoms with E-state index in [4.69, 9.17) is 5.73 Å². The Kier molecular flexibility index (Phi) is 8.59. The predicted octanol–water partition coefficient (Wildman–Crippen LogP) is 2.66. The number of hydrogen-bond donors (Lipinski definition) is 3. The van der Waals surface area contributed by atoms with Crippen molar-refractivity contribution in [2.45, 2.75) is 58.3 Å². The fourth-order valence-corrected chi connectivity index (χ4v) is 4.49. The molecule has 2 heterocycles. The van der Waals surface area contributed by atoms with Crippen molar-refractivity contribution in [3.63, 3.8) is 0 Å². The number of aliphatic hydroxyl groups excluding tert-OH is 1. The van der Waals surface area contributed by atoms with Crippen LogP contribution >= 0.6 is 23.7 Å². The molecule has 3 rings (SSSR count). The number of hydrogen-bond acceptors (Lipinski definition) is 6. The molecule has 0 aliphatic carbocycles. The molecule has 0 unspecified atom stereocenters. The lowest BCUT2D eigenvalue weighted by Gasteiger charge is -2.28. The number of nitrogens with one attached hydrogen (secondary N) is 1. The molecule has 4 atom stereocenters. The third-order valence-corrected chi connectivity index (χ3v) is 6.62. The molecule has 0 spiro atoms. The fourth-order valence-electron chi connectivity index (χ4n) is 3.68. The van der Waals surface area contributed by atoms with E-state index in [1.54, 1.807) is 11.3 Å². The van der Waals surface area contributed by atoms with E-state index >= 15 is 0 Å². The number of β-amino-alcohol motifs (C(OH)–C–C–N with tert-alkyl or cyclic N) is 1. The Balaban J connectivity index is 0.00000341. The first kappa shape index (κ1) is 25.3. The van der Waals surface area contributed by atoms with E-state index in [-0.39, 0.29) is 49.1 Å². The first-order valence-corrected chi connectivity index (χ1v) is 11.1. The third-order valence-electron chi connectivity index (χ3n) is 5.65. The van der Waals surface area contributed by atoms with Gasteiger partial charge >= 0.3 is 0 Å². The number of nitrogens with zero attached hydrogens (tertiary/aromatic N) is 2. The summed E-state index contributed by atoms with van der Waals surface area (Å²) in [5.41, 5.74) is 10.9. The molecule has 1 aliphatic rings. The summed E-state index contributed by atoms with van der Waals surface area (Å²) in [5, 5.41) is 13.0. The van der Waals surface area contributed by atoms with Crippen LogP contribution in [-0.4, -0.2) is 51.5 Å². The molecule has 0 radical (unpaired) electrons. The average Bonchev–Trinajstić information content (AvgIpc) is 3.32. The Labute approximate surface area is 193 Å². The van der Waals surface area contributed by atoms with Crippen molar-refractivity contribution >= 4 is 35.6 Å². The number of thiazole rings is 1. The van der Waals surface area contributed by atoms with Crippen molar-refractivity contribution in [1.29, 1.82) is 0 Å². The Morgan fingerprint density at radius 2 is 1.90 bits per heavy atom. The second-order valence-corrected chi connectivity index (χ2v) is 9.14. The molecule has 1 aliphatic heterocycles. The lowest BCUT2D eigenvalue weighted by atomic mass is 10.0. The van der Waals surface area contributed by atoms with Crippen LogP contribution in [0.1, 0.15) is 44.5 Å². The fraction of sp³-hybridized carbons (Fsp3) is 0.500. The zero-order chi connectivity index (χ0) is 22.0. The standard InChI is InChI=1S/C22H30N4O3S.ClH/c1-12(2)19(23)22(29)26-10-17(27)9-18(26)21(28)25-13(3)15-5-7-16(8-6-15)20-14(4)24-11-30-20;/h5-8,11-13,17-19,27H,9-10,23H2,1-4H3,(H,25,28);1H/t13-,17+,18-,19-;/m0./s1. The molecule has 4 N–H and O–H groups in total. The topological polar surface area (TPSA) is 109 Å². The summed E-state index contributed by atoms with van der Waals surface area (Å²) in [7, 11) is 0. The molecule has 1 aromatic heterocycles. The van der Waals surface area contributed by atoms with Crippen molar-refractivity contribution in [3.8, 4) is 10.4 Å². The summed E-state index contributed by atoms with van der Waals surface area (Å²) in [6, 6.07) is 6.39. The Hall–Kier alpha value is -2.00. The number of aliphatic hydroxyl groups is 1. The summed E-state index contributed by atoms with van der Waals surface area (Å²) in [5.74, 6) is -0.608. The molecule has 1 aromatic carbocycles. The van der Waals surface area contributed by atoms with Crippen molar-refractivity contribution in [2.75, 3.05) is 6.54 Å². The van der Waals surface area contributed by atoms with E-state index in [0.717, 1.165) is 21.7 Å². The minimum atomic E-state index is -0.721. The molecular formula is C22H31ClN4O3S. The highest BCUT2D eigenvalue weighted by atomic mass is 35.5. The third kappa shape index (κ3) is 5.63. The summed E-state index contributed by atoms with van der Waals surface area (Å²) < 4.78 is 0. The normalized spacial score (nSPS) is 20.3. The van der Waals surface area contributed by atoms with Gasteiger partial charge in [0.2, 0.25) is 11.8 Å². The van der Waals surface area contributed by atoms with Gasteiger partial charge in [0.1, 0.15) is 6.04 Å². The van der Waals surface area contributed by atoms with E-state index in [1.165, 1.54) is 4.90 Å². The maximum atomic E-state index is 12.9. The van der Waals surface area contributed by atoms with Crippen LogP contribution in [0.15, 0.2) is 29.8 Å². The van der Waals surface area contributed by atoms with Crippen molar-refractivity contribution in [2.24, 2.45) is 11.7 Å². The molecule has 170 valence electrons. The van der Waals surface area contributed by atoms with E-state index in [2.05, 4.69) is 10.3 Å². The molecule has 0 bridgehead atoms. The predicted molar refractivity (Wildman–Crippen MR) is 125 cm³/mol. The van der Waals surface area contributed by atoms with Gasteiger partial charge in [0.25, 0.3) is 0 Å². The van der Waals surface area contributed by atoms with Crippen LogP contribution in [0, 0.1) is 12.8 Å². The Bertz CT molecular complexity index is 902. The van der Waals surface area contributed by atoms with Gasteiger partial charge < -0.3 is 21.1 Å². The monoisotopic (exact) mass is 466 g/mol. The lowest BCUT2D eigenvalue weighted by Crippen LogP contribution is -2.52. The number of rotatable bonds is 6. The number of aromatic nitrogens is 1. The van der Waals surface area contributed by atoms with E-state index in [0.29, 0.717) is 0 Å². The molecule has 31 heavy (non-hydrogen) atoms. The van der Waals surface area contributed by atoms with Crippen molar-refractivity contribution in [1.82, 2.24) is 15.2 Å². The number of carbonyl (C=O) groups is 2. The number of likely N-dealkylation sites (tertiary alicyclic amines) is 1. The summed E-state index contributed by atoms with van der Waals surface area (Å²) in [4.78, 5) is 32.4. The quantitative estimate of drug-likeness (QED) is 0.606. The first-order chi connectivity index (χ1) is 14.2. The van der Waals surface area contributed by atoms with Gasteiger partial charge in [-0.05, 0) is 30.9 Å². The van der Waals surface area contributed by atoms with Crippen LogP contribution in [0.4, 0.5) is 0 Å². The zero-order valence-electron chi connectivity index (χ0n) is 18.2. The van der Waals surface area contributed by atoms with Gasteiger partial charge in [0, 0.05) is 13.0 Å². The van der Waals surface area contributed by atoms with Crippen LogP contribution in [0.2, 0.25) is 0 Å².